The maximum absolute atomic E-state index is 8.59. The second kappa shape index (κ2) is 1.69. The van der Waals surface area contributed by atoms with Gasteiger partial charge in [0, 0.05) is 6.07 Å². The van der Waals surface area contributed by atoms with Gasteiger partial charge in [0.25, 0.3) is 0 Å². The number of rotatable bonds is 0. The fraction of sp³-hybridized carbons (Fsp3) is 0. The lowest BCUT2D eigenvalue weighted by Gasteiger charge is -1.88. The molecule has 1 aromatic heterocycles. The molecule has 2 N–H and O–H groups in total. The SMILES string of the molecule is Oc1cncc(O)c1. The number of pyridine rings is 1. The van der Waals surface area contributed by atoms with Gasteiger partial charge in [-0.2, -0.15) is 0 Å². The van der Waals surface area contributed by atoms with Crippen LogP contribution in [0.1, 0.15) is 0 Å². The fourth-order valence-electron chi connectivity index (χ4n) is 0.416. The fourth-order valence-corrected chi connectivity index (χ4v) is 0.416. The first-order valence-corrected chi connectivity index (χ1v) is 2.12. The highest BCUT2D eigenvalue weighted by Crippen LogP contribution is 2.12. The van der Waals surface area contributed by atoms with Crippen molar-refractivity contribution in [2.24, 2.45) is 0 Å². The van der Waals surface area contributed by atoms with E-state index in [1.807, 2.05) is 0 Å². The monoisotopic (exact) mass is 111 g/mol. The Balaban J connectivity index is 3.08. The Labute approximate surface area is 46.2 Å². The van der Waals surface area contributed by atoms with Crippen molar-refractivity contribution in [3.8, 4) is 11.5 Å². The van der Waals surface area contributed by atoms with Crippen LogP contribution in [0.2, 0.25) is 0 Å². The molecule has 0 saturated carbocycles. The molecule has 0 aliphatic rings. The molecule has 0 aromatic carbocycles. The largest absolute Gasteiger partial charge is 0.506 e. The first kappa shape index (κ1) is 4.90. The topological polar surface area (TPSA) is 53.4 Å². The van der Waals surface area contributed by atoms with E-state index in [0.29, 0.717) is 0 Å². The van der Waals surface area contributed by atoms with Gasteiger partial charge in [0.1, 0.15) is 11.5 Å². The van der Waals surface area contributed by atoms with Gasteiger partial charge in [0.05, 0.1) is 12.4 Å². The van der Waals surface area contributed by atoms with Crippen LogP contribution in [-0.2, 0) is 0 Å². The zero-order valence-electron chi connectivity index (χ0n) is 4.07. The molecule has 8 heavy (non-hydrogen) atoms. The van der Waals surface area contributed by atoms with Crippen LogP contribution >= 0.6 is 0 Å². The molecule has 0 bridgehead atoms. The molecule has 0 fully saturated rings. The van der Waals surface area contributed by atoms with Gasteiger partial charge in [-0.05, 0) is 0 Å². The summed E-state index contributed by atoms with van der Waals surface area (Å²) in [6.45, 7) is 0. The Morgan fingerprint density at radius 2 is 1.62 bits per heavy atom. The summed E-state index contributed by atoms with van der Waals surface area (Å²) in [4.78, 5) is 3.48. The van der Waals surface area contributed by atoms with Crippen LogP contribution < -0.4 is 0 Å². The summed E-state index contributed by atoms with van der Waals surface area (Å²) >= 11 is 0. The Kier molecular flexibility index (Phi) is 1.04. The van der Waals surface area contributed by atoms with Gasteiger partial charge in [-0.15, -0.1) is 0 Å². The van der Waals surface area contributed by atoms with Crippen LogP contribution in [0, 0.1) is 0 Å². The van der Waals surface area contributed by atoms with E-state index in [-0.39, 0.29) is 11.5 Å². The molecule has 0 radical (unpaired) electrons. The van der Waals surface area contributed by atoms with Gasteiger partial charge in [-0.1, -0.05) is 0 Å². The molecule has 1 heterocycles. The van der Waals surface area contributed by atoms with Crippen LogP contribution in [0.25, 0.3) is 0 Å². The van der Waals surface area contributed by atoms with Gasteiger partial charge in [0.15, 0.2) is 0 Å². The average molecular weight is 111 g/mol. The molecule has 3 nitrogen and oxygen atoms in total. The smallest absolute Gasteiger partial charge is 0.137 e. The zero-order chi connectivity index (χ0) is 5.98. The average Bonchev–Trinajstić information content (AvgIpc) is 1.64. The van der Waals surface area contributed by atoms with Crippen molar-refractivity contribution < 1.29 is 10.2 Å². The van der Waals surface area contributed by atoms with Crippen molar-refractivity contribution in [1.82, 2.24) is 4.98 Å². The van der Waals surface area contributed by atoms with E-state index in [0.717, 1.165) is 0 Å². The van der Waals surface area contributed by atoms with Crippen LogP contribution in [-0.4, -0.2) is 15.2 Å². The van der Waals surface area contributed by atoms with E-state index in [4.69, 9.17) is 10.2 Å². The summed E-state index contributed by atoms with van der Waals surface area (Å²) in [5.41, 5.74) is 0. The molecular weight excluding hydrogens is 106 g/mol. The normalized spacial score (nSPS) is 9.00. The van der Waals surface area contributed by atoms with Gasteiger partial charge < -0.3 is 10.2 Å². The molecule has 1 rings (SSSR count). The highest BCUT2D eigenvalue weighted by molar-refractivity contribution is 5.25. The molecule has 0 amide bonds. The minimum atomic E-state index is -0.0231. The quantitative estimate of drug-likeness (QED) is 0.512. The second-order valence-corrected chi connectivity index (χ2v) is 1.40. The third-order valence-electron chi connectivity index (χ3n) is 0.709. The molecule has 1 aromatic rings. The Hall–Kier alpha value is -1.25. The molecule has 0 spiro atoms. The summed E-state index contributed by atoms with van der Waals surface area (Å²) in [5.74, 6) is -0.0463. The Morgan fingerprint density at radius 1 is 1.12 bits per heavy atom. The van der Waals surface area contributed by atoms with Crippen molar-refractivity contribution in [2.45, 2.75) is 0 Å². The highest BCUT2D eigenvalue weighted by Gasteiger charge is 1.86. The van der Waals surface area contributed by atoms with Crippen molar-refractivity contribution in [3.05, 3.63) is 18.5 Å². The van der Waals surface area contributed by atoms with E-state index in [1.165, 1.54) is 18.5 Å². The Bertz CT molecular complexity index is 170. The minimum Gasteiger partial charge on any atom is -0.506 e. The first-order chi connectivity index (χ1) is 3.79. The summed E-state index contributed by atoms with van der Waals surface area (Å²) in [7, 11) is 0. The third-order valence-corrected chi connectivity index (χ3v) is 0.709. The van der Waals surface area contributed by atoms with Crippen LogP contribution in [0.15, 0.2) is 18.5 Å². The summed E-state index contributed by atoms with van der Waals surface area (Å²) in [6, 6.07) is 1.22. The molecule has 3 heteroatoms. The molecule has 0 atom stereocenters. The number of aromatic hydroxyl groups is 2. The van der Waals surface area contributed by atoms with Crippen LogP contribution in [0.5, 0.6) is 11.5 Å². The van der Waals surface area contributed by atoms with Crippen LogP contribution in [0.3, 0.4) is 0 Å². The van der Waals surface area contributed by atoms with Gasteiger partial charge in [-0.25, -0.2) is 0 Å². The first-order valence-electron chi connectivity index (χ1n) is 2.12. The molecule has 0 aliphatic carbocycles. The second-order valence-electron chi connectivity index (χ2n) is 1.40. The Morgan fingerprint density at radius 3 is 1.88 bits per heavy atom. The van der Waals surface area contributed by atoms with E-state index < -0.39 is 0 Å². The molecule has 0 saturated heterocycles. The van der Waals surface area contributed by atoms with E-state index in [1.54, 1.807) is 0 Å². The number of hydrogen-bond acceptors (Lipinski definition) is 3. The van der Waals surface area contributed by atoms with Crippen molar-refractivity contribution in [2.75, 3.05) is 0 Å². The van der Waals surface area contributed by atoms with Gasteiger partial charge in [0.2, 0.25) is 0 Å². The standard InChI is InChI=1S/C5H5NO2/c7-4-1-5(8)3-6-2-4/h1-3,7-8H. The third kappa shape index (κ3) is 0.872. The zero-order valence-corrected chi connectivity index (χ0v) is 4.07. The van der Waals surface area contributed by atoms with Gasteiger partial charge >= 0.3 is 0 Å². The van der Waals surface area contributed by atoms with E-state index >= 15 is 0 Å². The number of hydrogen-bond donors (Lipinski definition) is 2. The number of aromatic nitrogens is 1. The van der Waals surface area contributed by atoms with Crippen molar-refractivity contribution in [1.29, 1.82) is 0 Å². The number of nitrogens with zero attached hydrogens (tertiary/aromatic N) is 1. The maximum atomic E-state index is 8.59. The minimum absolute atomic E-state index is 0.0231. The summed E-state index contributed by atoms with van der Waals surface area (Å²) in [5, 5.41) is 17.2. The van der Waals surface area contributed by atoms with Crippen molar-refractivity contribution in [3.63, 3.8) is 0 Å². The van der Waals surface area contributed by atoms with E-state index in [2.05, 4.69) is 4.98 Å². The van der Waals surface area contributed by atoms with E-state index in [9.17, 15) is 0 Å². The predicted molar refractivity (Wildman–Crippen MR) is 27.6 cm³/mol. The lowest BCUT2D eigenvalue weighted by atomic mass is 10.4. The van der Waals surface area contributed by atoms with Gasteiger partial charge in [-0.3, -0.25) is 4.98 Å². The van der Waals surface area contributed by atoms with Crippen molar-refractivity contribution >= 4 is 0 Å². The summed E-state index contributed by atoms with van der Waals surface area (Å²) in [6.07, 6.45) is 2.50. The molecule has 42 valence electrons. The molecule has 0 aliphatic heterocycles. The maximum Gasteiger partial charge on any atom is 0.137 e. The summed E-state index contributed by atoms with van der Waals surface area (Å²) < 4.78 is 0. The highest BCUT2D eigenvalue weighted by atomic mass is 16.3. The lowest BCUT2D eigenvalue weighted by molar-refractivity contribution is 0.446. The van der Waals surface area contributed by atoms with Crippen LogP contribution in [0.4, 0.5) is 0 Å². The predicted octanol–water partition coefficient (Wildman–Crippen LogP) is 0.493. The lowest BCUT2D eigenvalue weighted by Crippen LogP contribution is -1.68. The molecular formula is C5H5NO2. The molecule has 0 unspecified atom stereocenters.